The number of ketones is 1. The van der Waals surface area contributed by atoms with Gasteiger partial charge in [0.1, 0.15) is 18.1 Å². The highest BCUT2D eigenvalue weighted by Gasteiger charge is 2.39. The lowest BCUT2D eigenvalue weighted by atomic mass is 10.2. The molecule has 4 rings (SSSR count). The van der Waals surface area contributed by atoms with E-state index in [0.717, 1.165) is 12.8 Å². The van der Waals surface area contributed by atoms with Gasteiger partial charge in [-0.1, -0.05) is 28.1 Å². The molecule has 2 aromatic heterocycles. The van der Waals surface area contributed by atoms with Gasteiger partial charge in [0.25, 0.3) is 5.91 Å². The SMILES string of the molecule is CC(=O)c1sc(N(C(=O)c2noc(C)c2COc2ccc(Cl)cc2)C2CC2)nc1C. The number of thiazole rings is 1. The molecule has 0 unspecified atom stereocenters. The van der Waals surface area contributed by atoms with Crippen molar-refractivity contribution in [3.05, 3.63) is 56.9 Å². The second-order valence-electron chi connectivity index (χ2n) is 7.18. The molecule has 7 nitrogen and oxygen atoms in total. The molecule has 1 saturated carbocycles. The van der Waals surface area contributed by atoms with Crippen LogP contribution in [0.25, 0.3) is 0 Å². The number of carbonyl (C=O) groups excluding carboxylic acids is 2. The van der Waals surface area contributed by atoms with Crippen molar-refractivity contribution >= 4 is 39.8 Å². The lowest BCUT2D eigenvalue weighted by molar-refractivity contribution is 0.0972. The Kier molecular flexibility index (Phi) is 5.62. The molecule has 0 N–H and O–H groups in total. The summed E-state index contributed by atoms with van der Waals surface area (Å²) < 4.78 is 11.1. The average molecular weight is 446 g/mol. The summed E-state index contributed by atoms with van der Waals surface area (Å²) in [7, 11) is 0. The summed E-state index contributed by atoms with van der Waals surface area (Å²) in [6.07, 6.45) is 1.76. The van der Waals surface area contributed by atoms with Gasteiger partial charge in [-0.05, 0) is 51.0 Å². The number of anilines is 1. The number of halogens is 1. The minimum atomic E-state index is -0.298. The zero-order chi connectivity index (χ0) is 21.4. The Morgan fingerprint density at radius 2 is 1.97 bits per heavy atom. The minimum absolute atomic E-state index is 0.0462. The molecule has 1 amide bonds. The van der Waals surface area contributed by atoms with E-state index in [-0.39, 0.29) is 30.0 Å². The molecule has 1 aliphatic carbocycles. The third-order valence-electron chi connectivity index (χ3n) is 4.83. The second kappa shape index (κ2) is 8.20. The van der Waals surface area contributed by atoms with Crippen molar-refractivity contribution < 1.29 is 18.8 Å². The van der Waals surface area contributed by atoms with Crippen LogP contribution in [0.15, 0.2) is 28.8 Å². The average Bonchev–Trinajstić information content (AvgIpc) is 3.36. The highest BCUT2D eigenvalue weighted by Crippen LogP contribution is 2.37. The summed E-state index contributed by atoms with van der Waals surface area (Å²) in [6.45, 7) is 5.15. The lowest BCUT2D eigenvalue weighted by Gasteiger charge is -2.18. The number of ether oxygens (including phenoxy) is 1. The van der Waals surface area contributed by atoms with Crippen molar-refractivity contribution in [3.63, 3.8) is 0 Å². The fourth-order valence-corrected chi connectivity index (χ4v) is 4.24. The van der Waals surface area contributed by atoms with E-state index in [1.165, 1.54) is 18.3 Å². The summed E-state index contributed by atoms with van der Waals surface area (Å²) in [5.74, 6) is 0.781. The maximum atomic E-state index is 13.4. The van der Waals surface area contributed by atoms with Gasteiger partial charge >= 0.3 is 0 Å². The van der Waals surface area contributed by atoms with E-state index >= 15 is 0 Å². The minimum Gasteiger partial charge on any atom is -0.489 e. The van der Waals surface area contributed by atoms with Gasteiger partial charge in [-0.3, -0.25) is 14.5 Å². The molecule has 1 aliphatic rings. The quantitative estimate of drug-likeness (QED) is 0.476. The van der Waals surface area contributed by atoms with Crippen molar-refractivity contribution in [1.82, 2.24) is 10.1 Å². The van der Waals surface area contributed by atoms with E-state index in [4.69, 9.17) is 20.9 Å². The Hall–Kier alpha value is -2.71. The molecule has 0 aliphatic heterocycles. The fraction of sp³-hybridized carbons (Fsp3) is 0.333. The zero-order valence-corrected chi connectivity index (χ0v) is 18.3. The number of aromatic nitrogens is 2. The van der Waals surface area contributed by atoms with E-state index in [0.29, 0.717) is 37.8 Å². The monoisotopic (exact) mass is 445 g/mol. The summed E-state index contributed by atoms with van der Waals surface area (Å²) in [4.78, 5) is 31.9. The Balaban J connectivity index is 1.61. The summed E-state index contributed by atoms with van der Waals surface area (Å²) in [5, 5.41) is 5.13. The maximum Gasteiger partial charge on any atom is 0.282 e. The van der Waals surface area contributed by atoms with Crippen molar-refractivity contribution in [2.45, 2.75) is 46.3 Å². The lowest BCUT2D eigenvalue weighted by Crippen LogP contribution is -2.34. The molecular formula is C21H20ClN3O4S. The van der Waals surface area contributed by atoms with Crippen LogP contribution in [0.5, 0.6) is 5.75 Å². The number of amides is 1. The van der Waals surface area contributed by atoms with Crippen molar-refractivity contribution in [2.75, 3.05) is 4.90 Å². The van der Waals surface area contributed by atoms with Crippen LogP contribution in [-0.2, 0) is 6.61 Å². The molecule has 156 valence electrons. The molecule has 3 aromatic rings. The van der Waals surface area contributed by atoms with Crippen LogP contribution in [0.2, 0.25) is 5.02 Å². The van der Waals surface area contributed by atoms with Crippen LogP contribution in [0.3, 0.4) is 0 Å². The number of hydrogen-bond acceptors (Lipinski definition) is 7. The molecule has 0 bridgehead atoms. The highest BCUT2D eigenvalue weighted by molar-refractivity contribution is 7.17. The molecule has 2 heterocycles. The summed E-state index contributed by atoms with van der Waals surface area (Å²) >= 11 is 7.14. The van der Waals surface area contributed by atoms with Crippen LogP contribution in [0, 0.1) is 13.8 Å². The van der Waals surface area contributed by atoms with Crippen LogP contribution in [0.4, 0.5) is 5.13 Å². The number of Topliss-reactive ketones (excluding diaryl/α,β-unsaturated/α-hetero) is 1. The molecule has 1 aromatic carbocycles. The van der Waals surface area contributed by atoms with Crippen LogP contribution >= 0.6 is 22.9 Å². The Bertz CT molecular complexity index is 1100. The maximum absolute atomic E-state index is 13.4. The summed E-state index contributed by atoms with van der Waals surface area (Å²) in [5.41, 5.74) is 1.41. The Labute approximate surface area is 182 Å². The molecule has 0 saturated heterocycles. The highest BCUT2D eigenvalue weighted by atomic mass is 35.5. The number of aryl methyl sites for hydroxylation is 2. The van der Waals surface area contributed by atoms with E-state index in [2.05, 4.69) is 10.1 Å². The fourth-order valence-electron chi connectivity index (χ4n) is 3.08. The predicted octanol–water partition coefficient (Wildman–Crippen LogP) is 4.99. The van der Waals surface area contributed by atoms with Crippen LogP contribution in [-0.4, -0.2) is 27.9 Å². The first kappa shape index (κ1) is 20.6. The van der Waals surface area contributed by atoms with Crippen molar-refractivity contribution in [1.29, 1.82) is 0 Å². The molecule has 30 heavy (non-hydrogen) atoms. The third-order valence-corrected chi connectivity index (χ3v) is 6.34. The van der Waals surface area contributed by atoms with Gasteiger partial charge in [-0.15, -0.1) is 0 Å². The van der Waals surface area contributed by atoms with Crippen LogP contribution < -0.4 is 9.64 Å². The Morgan fingerprint density at radius 3 is 2.57 bits per heavy atom. The van der Waals surface area contributed by atoms with Gasteiger partial charge in [-0.25, -0.2) is 4.98 Å². The van der Waals surface area contributed by atoms with Gasteiger partial charge < -0.3 is 9.26 Å². The van der Waals surface area contributed by atoms with Crippen molar-refractivity contribution in [3.8, 4) is 5.75 Å². The first-order valence-electron chi connectivity index (χ1n) is 9.50. The van der Waals surface area contributed by atoms with E-state index in [1.54, 1.807) is 43.0 Å². The van der Waals surface area contributed by atoms with Gasteiger partial charge in [0.2, 0.25) is 0 Å². The van der Waals surface area contributed by atoms with Crippen molar-refractivity contribution in [2.24, 2.45) is 0 Å². The van der Waals surface area contributed by atoms with Gasteiger partial charge in [-0.2, -0.15) is 0 Å². The number of hydrogen-bond donors (Lipinski definition) is 0. The standard InChI is InChI=1S/C21H20ClN3O4S/c1-11-19(12(2)26)30-21(23-11)25(15-6-7-15)20(27)18-17(13(3)29-24-18)10-28-16-8-4-14(22)5-9-16/h4-5,8-9,15H,6-7,10H2,1-3H3. The van der Waals surface area contributed by atoms with Gasteiger partial charge in [0.05, 0.1) is 16.1 Å². The molecule has 0 atom stereocenters. The van der Waals surface area contributed by atoms with E-state index in [1.807, 2.05) is 0 Å². The number of rotatable bonds is 7. The number of benzene rings is 1. The molecule has 0 spiro atoms. The molecule has 0 radical (unpaired) electrons. The van der Waals surface area contributed by atoms with Crippen LogP contribution in [0.1, 0.15) is 56.9 Å². The number of nitrogens with zero attached hydrogens (tertiary/aromatic N) is 3. The first-order chi connectivity index (χ1) is 14.3. The topological polar surface area (TPSA) is 85.5 Å². The van der Waals surface area contributed by atoms with E-state index in [9.17, 15) is 9.59 Å². The first-order valence-corrected chi connectivity index (χ1v) is 10.7. The smallest absolute Gasteiger partial charge is 0.282 e. The number of carbonyl (C=O) groups is 2. The third kappa shape index (κ3) is 4.11. The molecule has 9 heteroatoms. The summed E-state index contributed by atoms with van der Waals surface area (Å²) in [6, 6.07) is 7.02. The predicted molar refractivity (Wildman–Crippen MR) is 114 cm³/mol. The Morgan fingerprint density at radius 1 is 1.27 bits per heavy atom. The molecule has 1 fully saturated rings. The normalized spacial score (nSPS) is 13.3. The molecular weight excluding hydrogens is 426 g/mol. The van der Waals surface area contributed by atoms with E-state index < -0.39 is 0 Å². The zero-order valence-electron chi connectivity index (χ0n) is 16.8. The van der Waals surface area contributed by atoms with Gasteiger partial charge in [0, 0.05) is 18.0 Å². The second-order valence-corrected chi connectivity index (χ2v) is 8.60. The van der Waals surface area contributed by atoms with Gasteiger partial charge in [0.15, 0.2) is 16.6 Å². The largest absolute Gasteiger partial charge is 0.489 e.